The van der Waals surface area contributed by atoms with Crippen LogP contribution in [0.3, 0.4) is 0 Å². The van der Waals surface area contributed by atoms with Crippen molar-refractivity contribution in [2.75, 3.05) is 38.2 Å². The summed E-state index contributed by atoms with van der Waals surface area (Å²) in [5.41, 5.74) is 17.2. The Labute approximate surface area is 227 Å². The Bertz CT molecular complexity index is 975. The van der Waals surface area contributed by atoms with Crippen LogP contribution in [0.2, 0.25) is 0 Å². The molecule has 0 aromatic heterocycles. The maximum Gasteiger partial charge on any atom is 0.184 e. The lowest BCUT2D eigenvalue weighted by atomic mass is 10.2. The maximum absolute atomic E-state index is 9.56. The van der Waals surface area contributed by atoms with E-state index in [-0.39, 0.29) is 10.2 Å². The summed E-state index contributed by atoms with van der Waals surface area (Å²) >= 11 is 9.41. The Balaban J connectivity index is 0.00000133. The minimum absolute atomic E-state index is 0.0914. The molecule has 0 heterocycles. The van der Waals surface area contributed by atoms with Gasteiger partial charge in [0.05, 0.1) is 12.4 Å². The molecular formula is C22H32N6O4S4. The lowest BCUT2D eigenvalue weighted by molar-refractivity contribution is 0.217. The fourth-order valence-electron chi connectivity index (χ4n) is 2.07. The van der Waals surface area contributed by atoms with Crippen LogP contribution in [-0.2, 0) is 21.6 Å². The van der Waals surface area contributed by atoms with Crippen molar-refractivity contribution >= 4 is 68.7 Å². The molecule has 0 saturated heterocycles. The minimum Gasteiger partial charge on any atom is -0.489 e. The summed E-state index contributed by atoms with van der Waals surface area (Å²) in [5, 5.41) is 8.06. The van der Waals surface area contributed by atoms with Crippen molar-refractivity contribution in [2.45, 2.75) is 0 Å². The van der Waals surface area contributed by atoms with Crippen LogP contribution in [0.15, 0.2) is 58.7 Å². The average molecular weight is 573 g/mol. The van der Waals surface area contributed by atoms with Crippen molar-refractivity contribution in [3.63, 3.8) is 0 Å². The molecule has 6 N–H and O–H groups in total. The van der Waals surface area contributed by atoms with Crippen LogP contribution in [0.5, 0.6) is 11.5 Å². The first-order valence-electron chi connectivity index (χ1n) is 10.1. The number of hydrogen-bond donors (Lipinski definition) is 4. The van der Waals surface area contributed by atoms with Gasteiger partial charge in [0.1, 0.15) is 24.7 Å². The molecule has 0 atom stereocenters. The predicted octanol–water partition coefficient (Wildman–Crippen LogP) is 1.47. The van der Waals surface area contributed by atoms with Crippen LogP contribution in [-0.4, -0.2) is 69.3 Å². The van der Waals surface area contributed by atoms with E-state index in [2.05, 4.69) is 21.1 Å². The van der Waals surface area contributed by atoms with E-state index >= 15 is 0 Å². The summed E-state index contributed by atoms with van der Waals surface area (Å²) in [6.45, 7) is 0.675. The first-order chi connectivity index (χ1) is 17.0. The molecule has 0 aliphatic carbocycles. The van der Waals surface area contributed by atoms with Crippen LogP contribution >= 0.6 is 24.4 Å². The van der Waals surface area contributed by atoms with Gasteiger partial charge >= 0.3 is 0 Å². The monoisotopic (exact) mass is 572 g/mol. The van der Waals surface area contributed by atoms with Gasteiger partial charge in [0.25, 0.3) is 0 Å². The van der Waals surface area contributed by atoms with Gasteiger partial charge in [0.15, 0.2) is 10.2 Å². The molecular weight excluding hydrogens is 541 g/mol. The zero-order valence-electron chi connectivity index (χ0n) is 20.5. The molecule has 0 aliphatic heterocycles. The third kappa shape index (κ3) is 19.4. The number of thiocarbonyl (C=S) groups is 2. The normalized spacial score (nSPS) is 10.3. The van der Waals surface area contributed by atoms with Gasteiger partial charge in [-0.3, -0.25) is 19.3 Å². The average Bonchev–Trinajstić information content (AvgIpc) is 2.77. The fraction of sp³-hybridized carbons (Fsp3) is 0.273. The lowest BCUT2D eigenvalue weighted by Crippen LogP contribution is -2.24. The third-order valence-corrected chi connectivity index (χ3v) is 3.38. The van der Waals surface area contributed by atoms with E-state index < -0.39 is 21.6 Å². The summed E-state index contributed by atoms with van der Waals surface area (Å²) in [7, 11) is -1.22. The van der Waals surface area contributed by atoms with Gasteiger partial charge in [-0.15, -0.1) is 0 Å². The molecule has 2 rings (SSSR count). The van der Waals surface area contributed by atoms with Crippen LogP contribution in [0.4, 0.5) is 0 Å². The van der Waals surface area contributed by atoms with E-state index in [0.717, 1.165) is 11.1 Å². The number of rotatable bonds is 9. The minimum atomic E-state index is -0.611. The zero-order chi connectivity index (χ0) is 27.3. The van der Waals surface area contributed by atoms with E-state index in [1.807, 2.05) is 48.5 Å². The first kappa shape index (κ1) is 33.1. The summed E-state index contributed by atoms with van der Waals surface area (Å²) in [5.74, 6) is 1.32. The summed E-state index contributed by atoms with van der Waals surface area (Å²) in [4.78, 5) is 0. The van der Waals surface area contributed by atoms with Gasteiger partial charge in [-0.1, -0.05) is 24.3 Å². The quantitative estimate of drug-likeness (QED) is 0.150. The van der Waals surface area contributed by atoms with Crippen molar-refractivity contribution < 1.29 is 17.9 Å². The highest BCUT2D eigenvalue weighted by Crippen LogP contribution is 2.17. The molecule has 198 valence electrons. The van der Waals surface area contributed by atoms with Gasteiger partial charge < -0.3 is 20.9 Å². The number of hydrogen-bond acceptors (Lipinski definition) is 8. The molecule has 2 aromatic carbocycles. The molecule has 0 unspecified atom stereocenters. The molecule has 0 aliphatic rings. The number of hydrazone groups is 2. The molecule has 0 amide bonds. The second-order valence-electron chi connectivity index (χ2n) is 6.72. The Morgan fingerprint density at radius 1 is 0.778 bits per heavy atom. The Kier molecular flexibility index (Phi) is 18.6. The second kappa shape index (κ2) is 20.3. The van der Waals surface area contributed by atoms with Crippen molar-refractivity contribution in [1.82, 2.24) is 10.9 Å². The van der Waals surface area contributed by atoms with E-state index in [4.69, 9.17) is 45.4 Å². The third-order valence-electron chi connectivity index (χ3n) is 3.19. The molecule has 14 heteroatoms. The lowest BCUT2D eigenvalue weighted by Gasteiger charge is -2.11. The van der Waals surface area contributed by atoms with Gasteiger partial charge in [0.2, 0.25) is 0 Å². The molecule has 36 heavy (non-hydrogen) atoms. The predicted molar refractivity (Wildman–Crippen MR) is 159 cm³/mol. The SMILES string of the molecule is CS(C)=O.CS(C)=O.NC(=S)N/N=C/c1ccccc1OCCOc1ccccc1/C=N/NC(N)=S. The number of ether oxygens (including phenoxy) is 2. The molecule has 0 fully saturated rings. The summed E-state index contributed by atoms with van der Waals surface area (Å²) in [6.07, 6.45) is 9.71. The molecule has 0 spiro atoms. The van der Waals surface area contributed by atoms with Crippen molar-refractivity contribution in [2.24, 2.45) is 21.7 Å². The number of para-hydroxylation sites is 2. The highest BCUT2D eigenvalue weighted by Gasteiger charge is 2.03. The molecule has 10 nitrogen and oxygen atoms in total. The van der Waals surface area contributed by atoms with Gasteiger partial charge in [-0.2, -0.15) is 10.2 Å². The second-order valence-corrected chi connectivity index (χ2v) is 10.6. The Hall–Kier alpha value is -2.94. The van der Waals surface area contributed by atoms with Crippen molar-refractivity contribution in [3.05, 3.63) is 59.7 Å². The highest BCUT2D eigenvalue weighted by atomic mass is 32.2. The number of benzene rings is 2. The fourth-order valence-corrected chi connectivity index (χ4v) is 2.18. The van der Waals surface area contributed by atoms with Crippen LogP contribution < -0.4 is 31.8 Å². The Morgan fingerprint density at radius 3 is 1.39 bits per heavy atom. The largest absolute Gasteiger partial charge is 0.489 e. The number of nitrogens with one attached hydrogen (secondary N) is 2. The topological polar surface area (TPSA) is 153 Å². The van der Waals surface area contributed by atoms with Gasteiger partial charge in [-0.25, -0.2) is 0 Å². The van der Waals surface area contributed by atoms with Crippen LogP contribution in [0.25, 0.3) is 0 Å². The van der Waals surface area contributed by atoms with Crippen molar-refractivity contribution in [1.29, 1.82) is 0 Å². The highest BCUT2D eigenvalue weighted by molar-refractivity contribution is 7.83. The van der Waals surface area contributed by atoms with Crippen LogP contribution in [0, 0.1) is 0 Å². The molecule has 2 aromatic rings. The van der Waals surface area contributed by atoms with E-state index in [1.54, 1.807) is 37.5 Å². The van der Waals surface area contributed by atoms with Crippen LogP contribution in [0.1, 0.15) is 11.1 Å². The first-order valence-corrected chi connectivity index (χ1v) is 14.9. The van der Waals surface area contributed by atoms with Crippen molar-refractivity contribution in [3.8, 4) is 11.5 Å². The summed E-state index contributed by atoms with van der Waals surface area (Å²) in [6, 6.07) is 14.9. The summed E-state index contributed by atoms with van der Waals surface area (Å²) < 4.78 is 30.7. The maximum atomic E-state index is 9.56. The van der Waals surface area contributed by atoms with E-state index in [1.165, 1.54) is 0 Å². The molecule has 0 bridgehead atoms. The zero-order valence-corrected chi connectivity index (χ0v) is 23.8. The van der Waals surface area contributed by atoms with Gasteiger partial charge in [-0.05, 0) is 48.7 Å². The van der Waals surface area contributed by atoms with E-state index in [0.29, 0.717) is 24.7 Å². The Morgan fingerprint density at radius 2 is 1.08 bits per heavy atom. The van der Waals surface area contributed by atoms with Gasteiger partial charge in [0, 0.05) is 57.7 Å². The number of nitrogens with zero attached hydrogens (tertiary/aromatic N) is 2. The van der Waals surface area contributed by atoms with E-state index in [9.17, 15) is 8.42 Å². The molecule has 0 radical (unpaired) electrons. The standard InChI is InChI=1S/C18H20N6O2S2.2C2H6OS/c19-17(27)23-21-11-13-5-1-3-7-15(13)25-9-10-26-16-8-4-2-6-14(16)12-22-24-18(20)28;2*1-4(2)3/h1-8,11-12H,9-10H2,(H3,19,23,27)(H3,20,24,28);2*1-2H3/b21-11+,22-12+;;. The smallest absolute Gasteiger partial charge is 0.184 e. The number of nitrogens with two attached hydrogens (primary N) is 2. The molecule has 0 saturated carbocycles.